The Morgan fingerprint density at radius 2 is 2.00 bits per heavy atom. The Hall–Kier alpha value is -2.04. The van der Waals surface area contributed by atoms with Crippen molar-refractivity contribution in [2.45, 2.75) is 38.1 Å². The zero-order chi connectivity index (χ0) is 13.9. The van der Waals surface area contributed by atoms with E-state index in [4.69, 9.17) is 10.9 Å². The summed E-state index contributed by atoms with van der Waals surface area (Å²) in [6.45, 7) is 1.89. The smallest absolute Gasteiger partial charge is 0.252 e. The summed E-state index contributed by atoms with van der Waals surface area (Å²) in [4.78, 5) is 12.3. The van der Waals surface area contributed by atoms with Gasteiger partial charge < -0.3 is 16.3 Å². The molecule has 0 aromatic heterocycles. The molecule has 102 valence electrons. The highest BCUT2D eigenvalue weighted by Gasteiger charge is 2.40. The molecule has 0 saturated heterocycles. The van der Waals surface area contributed by atoms with Gasteiger partial charge in [-0.1, -0.05) is 36.2 Å². The fourth-order valence-corrected chi connectivity index (χ4v) is 2.63. The molecule has 0 unspecified atom stereocenters. The van der Waals surface area contributed by atoms with E-state index in [2.05, 4.69) is 10.5 Å². The zero-order valence-electron chi connectivity index (χ0n) is 11.0. The van der Waals surface area contributed by atoms with E-state index >= 15 is 0 Å². The minimum absolute atomic E-state index is 0.0898. The van der Waals surface area contributed by atoms with Crippen LogP contribution in [0.25, 0.3) is 0 Å². The predicted molar refractivity (Wildman–Crippen MR) is 73.3 cm³/mol. The largest absolute Gasteiger partial charge is 0.409 e. The van der Waals surface area contributed by atoms with Crippen LogP contribution < -0.4 is 11.1 Å². The maximum atomic E-state index is 12.3. The summed E-state index contributed by atoms with van der Waals surface area (Å²) in [7, 11) is 0. The van der Waals surface area contributed by atoms with Crippen LogP contribution in [0.3, 0.4) is 0 Å². The molecule has 0 bridgehead atoms. The summed E-state index contributed by atoms with van der Waals surface area (Å²) >= 11 is 0. The van der Waals surface area contributed by atoms with Gasteiger partial charge in [0.2, 0.25) is 0 Å². The van der Waals surface area contributed by atoms with E-state index in [0.29, 0.717) is 18.4 Å². The van der Waals surface area contributed by atoms with Crippen LogP contribution in [0.4, 0.5) is 0 Å². The fraction of sp³-hybridized carbons (Fsp3) is 0.429. The van der Waals surface area contributed by atoms with Gasteiger partial charge in [-0.2, -0.15) is 0 Å². The van der Waals surface area contributed by atoms with Gasteiger partial charge in [0.05, 0.1) is 0 Å². The Labute approximate surface area is 112 Å². The third-order valence-corrected chi connectivity index (χ3v) is 3.80. The SMILES string of the molecule is Cc1ccccc1C(=O)NC1(/C(N)=N/O)CCCC1. The lowest BCUT2D eigenvalue weighted by Crippen LogP contribution is -2.55. The van der Waals surface area contributed by atoms with Gasteiger partial charge in [-0.3, -0.25) is 4.79 Å². The summed E-state index contributed by atoms with van der Waals surface area (Å²) in [5, 5.41) is 14.9. The number of nitrogens with two attached hydrogens (primary N) is 1. The van der Waals surface area contributed by atoms with Crippen molar-refractivity contribution >= 4 is 11.7 Å². The van der Waals surface area contributed by atoms with Crippen molar-refractivity contribution in [2.24, 2.45) is 10.9 Å². The number of rotatable bonds is 3. The lowest BCUT2D eigenvalue weighted by atomic mass is 9.95. The number of oxime groups is 1. The molecule has 1 saturated carbocycles. The summed E-state index contributed by atoms with van der Waals surface area (Å²) in [5.41, 5.74) is 6.60. The molecular formula is C14H19N3O2. The van der Waals surface area contributed by atoms with Crippen LogP contribution in [0.1, 0.15) is 41.6 Å². The summed E-state index contributed by atoms with van der Waals surface area (Å²) in [5.74, 6) is -0.0847. The molecule has 0 radical (unpaired) electrons. The first-order valence-electron chi connectivity index (χ1n) is 6.45. The molecule has 1 aromatic carbocycles. The molecule has 5 heteroatoms. The Morgan fingerprint density at radius 3 is 2.58 bits per heavy atom. The molecule has 0 heterocycles. The second-order valence-corrected chi connectivity index (χ2v) is 5.04. The van der Waals surface area contributed by atoms with Gasteiger partial charge >= 0.3 is 0 Å². The average molecular weight is 261 g/mol. The zero-order valence-corrected chi connectivity index (χ0v) is 11.0. The van der Waals surface area contributed by atoms with E-state index in [1.807, 2.05) is 25.1 Å². The third kappa shape index (κ3) is 2.54. The van der Waals surface area contributed by atoms with Gasteiger partial charge in [-0.05, 0) is 31.4 Å². The number of amides is 1. The second kappa shape index (κ2) is 5.30. The molecule has 4 N–H and O–H groups in total. The van der Waals surface area contributed by atoms with E-state index in [1.54, 1.807) is 6.07 Å². The molecule has 0 atom stereocenters. The quantitative estimate of drug-likeness (QED) is 0.335. The van der Waals surface area contributed by atoms with Gasteiger partial charge in [-0.25, -0.2) is 0 Å². The Kier molecular flexibility index (Phi) is 3.74. The summed E-state index contributed by atoms with van der Waals surface area (Å²) in [6.07, 6.45) is 3.34. The van der Waals surface area contributed by atoms with E-state index in [1.165, 1.54) is 0 Å². The summed E-state index contributed by atoms with van der Waals surface area (Å²) in [6, 6.07) is 7.38. The Morgan fingerprint density at radius 1 is 1.37 bits per heavy atom. The van der Waals surface area contributed by atoms with Gasteiger partial charge in [0.15, 0.2) is 5.84 Å². The van der Waals surface area contributed by atoms with E-state index < -0.39 is 5.54 Å². The molecule has 5 nitrogen and oxygen atoms in total. The average Bonchev–Trinajstić information content (AvgIpc) is 2.88. The normalized spacial score (nSPS) is 18.3. The van der Waals surface area contributed by atoms with Gasteiger partial charge in [0.25, 0.3) is 5.91 Å². The van der Waals surface area contributed by atoms with Crippen molar-refractivity contribution in [3.8, 4) is 0 Å². The lowest BCUT2D eigenvalue weighted by Gasteiger charge is -2.29. The van der Waals surface area contributed by atoms with Crippen molar-refractivity contribution in [2.75, 3.05) is 0 Å². The molecule has 0 aliphatic heterocycles. The molecule has 19 heavy (non-hydrogen) atoms. The fourth-order valence-electron chi connectivity index (χ4n) is 2.63. The number of nitrogens with one attached hydrogen (secondary N) is 1. The van der Waals surface area contributed by atoms with E-state index in [-0.39, 0.29) is 11.7 Å². The van der Waals surface area contributed by atoms with Crippen LogP contribution >= 0.6 is 0 Å². The van der Waals surface area contributed by atoms with Crippen molar-refractivity contribution in [3.05, 3.63) is 35.4 Å². The number of carbonyl (C=O) groups is 1. The highest BCUT2D eigenvalue weighted by molar-refractivity contribution is 6.01. The topological polar surface area (TPSA) is 87.7 Å². The molecule has 0 spiro atoms. The first-order valence-corrected chi connectivity index (χ1v) is 6.45. The number of benzene rings is 1. The number of amidine groups is 1. The molecular weight excluding hydrogens is 242 g/mol. The molecule has 1 aliphatic carbocycles. The van der Waals surface area contributed by atoms with Crippen molar-refractivity contribution < 1.29 is 10.0 Å². The maximum absolute atomic E-state index is 12.3. The van der Waals surface area contributed by atoms with Crippen molar-refractivity contribution in [3.63, 3.8) is 0 Å². The number of carbonyl (C=O) groups excluding carboxylic acids is 1. The van der Waals surface area contributed by atoms with Gasteiger partial charge in [0, 0.05) is 5.56 Å². The number of hydrogen-bond donors (Lipinski definition) is 3. The monoisotopic (exact) mass is 261 g/mol. The van der Waals surface area contributed by atoms with Crippen LogP contribution in [0.15, 0.2) is 29.4 Å². The number of hydrogen-bond acceptors (Lipinski definition) is 3. The molecule has 1 aromatic rings. The van der Waals surface area contributed by atoms with Crippen LogP contribution in [-0.2, 0) is 0 Å². The second-order valence-electron chi connectivity index (χ2n) is 5.04. The lowest BCUT2D eigenvalue weighted by molar-refractivity contribution is 0.0922. The van der Waals surface area contributed by atoms with E-state index in [9.17, 15) is 4.79 Å². The molecule has 2 rings (SSSR count). The maximum Gasteiger partial charge on any atom is 0.252 e. The first kappa shape index (κ1) is 13.4. The number of nitrogens with zero attached hydrogens (tertiary/aromatic N) is 1. The minimum atomic E-state index is -0.700. The highest BCUT2D eigenvalue weighted by Crippen LogP contribution is 2.30. The van der Waals surface area contributed by atoms with Gasteiger partial charge in [-0.15, -0.1) is 0 Å². The standard InChI is InChI=1S/C14H19N3O2/c1-10-6-2-3-7-11(10)12(18)16-14(13(15)17-19)8-4-5-9-14/h2-3,6-7,19H,4-5,8-9H2,1H3,(H2,15,17)(H,16,18). The van der Waals surface area contributed by atoms with E-state index in [0.717, 1.165) is 18.4 Å². The van der Waals surface area contributed by atoms with Crippen LogP contribution in [0, 0.1) is 6.92 Å². The Balaban J connectivity index is 2.24. The molecule has 1 amide bonds. The van der Waals surface area contributed by atoms with Gasteiger partial charge in [0.1, 0.15) is 5.54 Å². The van der Waals surface area contributed by atoms with Crippen molar-refractivity contribution in [1.29, 1.82) is 0 Å². The van der Waals surface area contributed by atoms with Crippen LogP contribution in [-0.4, -0.2) is 22.5 Å². The minimum Gasteiger partial charge on any atom is -0.409 e. The first-order chi connectivity index (χ1) is 9.09. The third-order valence-electron chi connectivity index (χ3n) is 3.80. The van der Waals surface area contributed by atoms with Crippen molar-refractivity contribution in [1.82, 2.24) is 5.32 Å². The highest BCUT2D eigenvalue weighted by atomic mass is 16.4. The number of aryl methyl sites for hydroxylation is 1. The summed E-state index contributed by atoms with van der Waals surface area (Å²) < 4.78 is 0. The van der Waals surface area contributed by atoms with Crippen LogP contribution in [0.2, 0.25) is 0 Å². The van der Waals surface area contributed by atoms with Crippen LogP contribution in [0.5, 0.6) is 0 Å². The molecule has 1 fully saturated rings. The Bertz CT molecular complexity index is 505. The molecule has 1 aliphatic rings. The predicted octanol–water partition coefficient (Wildman–Crippen LogP) is 1.78.